The molecule has 0 bridgehead atoms. The van der Waals surface area contributed by atoms with Crippen molar-refractivity contribution in [3.8, 4) is 17.2 Å². The summed E-state index contributed by atoms with van der Waals surface area (Å²) in [6.45, 7) is 6.03. The number of carbonyl (C=O) groups is 1. The van der Waals surface area contributed by atoms with Gasteiger partial charge in [-0.15, -0.1) is 0 Å². The Morgan fingerprint density at radius 2 is 1.96 bits per heavy atom. The average molecular weight is 398 g/mol. The minimum atomic E-state index is -0.125. The number of benzene rings is 2. The summed E-state index contributed by atoms with van der Waals surface area (Å²) in [6.07, 6.45) is 1.17. The number of nitrogens with one attached hydrogen (secondary N) is 2. The van der Waals surface area contributed by atoms with Crippen LogP contribution in [-0.4, -0.2) is 23.1 Å². The van der Waals surface area contributed by atoms with E-state index in [4.69, 9.17) is 21.4 Å². The molecule has 7 heteroatoms. The number of amides is 1. The van der Waals surface area contributed by atoms with Gasteiger partial charge in [0, 0.05) is 12.0 Å². The van der Waals surface area contributed by atoms with Crippen molar-refractivity contribution in [1.82, 2.24) is 10.3 Å². The highest BCUT2D eigenvalue weighted by atomic mass is 32.1. The number of aryl methyl sites for hydroxylation is 2. The van der Waals surface area contributed by atoms with Crippen molar-refractivity contribution in [2.45, 2.75) is 33.6 Å². The number of thiocarbonyl (C=S) groups is 1. The number of aromatic nitrogens is 1. The number of hydrogen-bond acceptors (Lipinski definition) is 5. The van der Waals surface area contributed by atoms with Gasteiger partial charge >= 0.3 is 0 Å². The standard InChI is InChI=1S/C21H23N3O3S/c1-5-6-19(25)24-21(28)23-16-11-14(7-8-17(16)26-4)20-22-15-9-12(2)13(3)10-18(15)27-20/h7-11H,5-6H2,1-4H3,(H2,23,24,25,28). The van der Waals surface area contributed by atoms with Gasteiger partial charge in [0.05, 0.1) is 12.8 Å². The molecule has 6 nitrogen and oxygen atoms in total. The van der Waals surface area contributed by atoms with Crippen LogP contribution in [0.15, 0.2) is 34.7 Å². The van der Waals surface area contributed by atoms with Gasteiger partial charge in [-0.25, -0.2) is 4.98 Å². The van der Waals surface area contributed by atoms with Crippen molar-refractivity contribution in [3.63, 3.8) is 0 Å². The normalized spacial score (nSPS) is 10.7. The fourth-order valence-electron chi connectivity index (χ4n) is 2.81. The second-order valence-electron chi connectivity index (χ2n) is 6.59. The Bertz CT molecular complexity index is 1000. The number of rotatable bonds is 5. The maximum absolute atomic E-state index is 11.7. The Morgan fingerprint density at radius 3 is 2.68 bits per heavy atom. The first kappa shape index (κ1) is 19.8. The lowest BCUT2D eigenvalue weighted by molar-refractivity contribution is -0.119. The van der Waals surface area contributed by atoms with Gasteiger partial charge in [0.15, 0.2) is 10.7 Å². The molecule has 0 aliphatic rings. The van der Waals surface area contributed by atoms with E-state index in [-0.39, 0.29) is 11.0 Å². The predicted molar refractivity (Wildman–Crippen MR) is 115 cm³/mol. The quantitative estimate of drug-likeness (QED) is 0.606. The lowest BCUT2D eigenvalue weighted by Gasteiger charge is -2.13. The number of methoxy groups -OCH3 is 1. The molecule has 0 fully saturated rings. The molecule has 146 valence electrons. The highest BCUT2D eigenvalue weighted by Crippen LogP contribution is 2.32. The average Bonchev–Trinajstić information content (AvgIpc) is 3.04. The van der Waals surface area contributed by atoms with Crippen LogP contribution in [0, 0.1) is 13.8 Å². The van der Waals surface area contributed by atoms with Crippen molar-refractivity contribution < 1.29 is 13.9 Å². The number of nitrogens with zero attached hydrogens (tertiary/aromatic N) is 1. The van der Waals surface area contributed by atoms with Crippen LogP contribution in [0.25, 0.3) is 22.6 Å². The molecule has 0 aliphatic heterocycles. The van der Waals surface area contributed by atoms with Crippen LogP contribution < -0.4 is 15.4 Å². The van der Waals surface area contributed by atoms with E-state index in [2.05, 4.69) is 15.6 Å². The Hall–Kier alpha value is -2.93. The minimum absolute atomic E-state index is 0.125. The number of oxazole rings is 1. The third kappa shape index (κ3) is 4.31. The van der Waals surface area contributed by atoms with Crippen molar-refractivity contribution in [2.75, 3.05) is 12.4 Å². The molecule has 0 spiro atoms. The first-order chi connectivity index (χ1) is 13.4. The molecule has 28 heavy (non-hydrogen) atoms. The monoisotopic (exact) mass is 397 g/mol. The van der Waals surface area contributed by atoms with Crippen LogP contribution in [0.5, 0.6) is 5.75 Å². The molecule has 1 amide bonds. The molecule has 3 rings (SSSR count). The Kier molecular flexibility index (Phi) is 5.94. The number of hydrogen-bond donors (Lipinski definition) is 2. The summed E-state index contributed by atoms with van der Waals surface area (Å²) < 4.78 is 11.3. The number of fused-ring (bicyclic) bond motifs is 1. The molecule has 0 atom stereocenters. The van der Waals surface area contributed by atoms with Gasteiger partial charge < -0.3 is 19.8 Å². The highest BCUT2D eigenvalue weighted by molar-refractivity contribution is 7.80. The highest BCUT2D eigenvalue weighted by Gasteiger charge is 2.14. The maximum Gasteiger partial charge on any atom is 0.227 e. The van der Waals surface area contributed by atoms with Crippen LogP contribution >= 0.6 is 12.2 Å². The van der Waals surface area contributed by atoms with E-state index >= 15 is 0 Å². The van der Waals surface area contributed by atoms with E-state index in [0.717, 1.165) is 34.2 Å². The zero-order valence-electron chi connectivity index (χ0n) is 16.4. The number of anilines is 1. The van der Waals surface area contributed by atoms with Crippen LogP contribution in [0.2, 0.25) is 0 Å². The maximum atomic E-state index is 11.7. The summed E-state index contributed by atoms with van der Waals surface area (Å²) in [5.74, 6) is 0.977. The lowest BCUT2D eigenvalue weighted by atomic mass is 10.1. The van der Waals surface area contributed by atoms with Crippen molar-refractivity contribution in [3.05, 3.63) is 41.5 Å². The summed E-state index contributed by atoms with van der Waals surface area (Å²) in [7, 11) is 1.57. The van der Waals surface area contributed by atoms with Crippen molar-refractivity contribution >= 4 is 40.0 Å². The summed E-state index contributed by atoms with van der Waals surface area (Å²) in [4.78, 5) is 16.3. The first-order valence-electron chi connectivity index (χ1n) is 9.08. The van der Waals surface area contributed by atoms with Gasteiger partial charge in [-0.3, -0.25) is 4.79 Å². The molecule has 2 N–H and O–H groups in total. The topological polar surface area (TPSA) is 76.4 Å². The predicted octanol–water partition coefficient (Wildman–Crippen LogP) is 4.73. The molecule has 0 saturated heterocycles. The van der Waals surface area contributed by atoms with Gasteiger partial charge in [0.25, 0.3) is 0 Å². The van der Waals surface area contributed by atoms with Crippen LogP contribution in [0.1, 0.15) is 30.9 Å². The molecule has 3 aromatic rings. The van der Waals surface area contributed by atoms with Gasteiger partial charge in [-0.1, -0.05) is 6.92 Å². The van der Waals surface area contributed by atoms with Crippen LogP contribution in [-0.2, 0) is 4.79 Å². The zero-order valence-corrected chi connectivity index (χ0v) is 17.2. The van der Waals surface area contributed by atoms with E-state index in [1.54, 1.807) is 13.2 Å². The Morgan fingerprint density at radius 1 is 1.21 bits per heavy atom. The molecule has 0 aliphatic carbocycles. The van der Waals surface area contributed by atoms with Crippen molar-refractivity contribution in [2.24, 2.45) is 0 Å². The minimum Gasteiger partial charge on any atom is -0.495 e. The van der Waals surface area contributed by atoms with Gasteiger partial charge in [-0.2, -0.15) is 0 Å². The third-order valence-corrected chi connectivity index (χ3v) is 4.63. The second-order valence-corrected chi connectivity index (χ2v) is 7.00. The summed E-state index contributed by atoms with van der Waals surface area (Å²) in [5, 5.41) is 5.90. The fourth-order valence-corrected chi connectivity index (χ4v) is 3.04. The summed E-state index contributed by atoms with van der Waals surface area (Å²) in [5.41, 5.74) is 5.27. The molecule has 0 unspecified atom stereocenters. The molecule has 1 aromatic heterocycles. The van der Waals surface area contributed by atoms with Crippen LogP contribution in [0.4, 0.5) is 5.69 Å². The molecular weight excluding hydrogens is 374 g/mol. The molecule has 0 radical (unpaired) electrons. The second kappa shape index (κ2) is 8.39. The lowest BCUT2D eigenvalue weighted by Crippen LogP contribution is -2.33. The van der Waals surface area contributed by atoms with Crippen molar-refractivity contribution in [1.29, 1.82) is 0 Å². The molecular formula is C21H23N3O3S. The zero-order chi connectivity index (χ0) is 20.3. The Labute approximate surface area is 169 Å². The van der Waals surface area contributed by atoms with E-state index in [0.29, 0.717) is 23.7 Å². The van der Waals surface area contributed by atoms with E-state index in [1.165, 1.54) is 0 Å². The summed E-state index contributed by atoms with van der Waals surface area (Å²) in [6, 6.07) is 9.51. The van der Waals surface area contributed by atoms with Gasteiger partial charge in [-0.05, 0) is 73.9 Å². The summed E-state index contributed by atoms with van der Waals surface area (Å²) >= 11 is 5.24. The molecule has 0 saturated carbocycles. The largest absolute Gasteiger partial charge is 0.495 e. The van der Waals surface area contributed by atoms with E-state index in [9.17, 15) is 4.79 Å². The fraction of sp³-hybridized carbons (Fsp3) is 0.286. The first-order valence-corrected chi connectivity index (χ1v) is 9.49. The third-order valence-electron chi connectivity index (χ3n) is 4.43. The van der Waals surface area contributed by atoms with Gasteiger partial charge in [0.1, 0.15) is 11.3 Å². The smallest absolute Gasteiger partial charge is 0.227 e. The van der Waals surface area contributed by atoms with E-state index in [1.807, 2.05) is 45.0 Å². The van der Waals surface area contributed by atoms with Gasteiger partial charge in [0.2, 0.25) is 11.8 Å². The van der Waals surface area contributed by atoms with E-state index < -0.39 is 0 Å². The Balaban J connectivity index is 1.90. The number of carbonyl (C=O) groups excluding carboxylic acids is 1. The SMILES string of the molecule is CCCC(=O)NC(=S)Nc1cc(-c2nc3cc(C)c(C)cc3o2)ccc1OC. The molecule has 2 aromatic carbocycles. The molecule has 1 heterocycles. The number of ether oxygens (including phenoxy) is 1. The van der Waals surface area contributed by atoms with Crippen LogP contribution in [0.3, 0.4) is 0 Å².